The maximum absolute atomic E-state index is 12.7. The molecular formula is C20H25N5O3S. The minimum Gasteiger partial charge on any atom is -0.379 e. The molecule has 2 N–H and O–H groups in total. The first kappa shape index (κ1) is 19.8. The van der Waals surface area contributed by atoms with Crippen LogP contribution in [0.2, 0.25) is 0 Å². The van der Waals surface area contributed by atoms with Crippen molar-refractivity contribution in [2.75, 3.05) is 51.8 Å². The number of morpholine rings is 1. The van der Waals surface area contributed by atoms with Gasteiger partial charge in [-0.25, -0.2) is 0 Å². The van der Waals surface area contributed by atoms with Gasteiger partial charge in [0.15, 0.2) is 5.11 Å². The van der Waals surface area contributed by atoms with Gasteiger partial charge < -0.3 is 19.9 Å². The molecule has 0 spiro atoms. The van der Waals surface area contributed by atoms with E-state index in [1.165, 1.54) is 4.90 Å². The van der Waals surface area contributed by atoms with Gasteiger partial charge in [-0.15, -0.1) is 0 Å². The number of H-pyrrole nitrogens is 1. The second kappa shape index (κ2) is 8.48. The molecule has 29 heavy (non-hydrogen) atoms. The van der Waals surface area contributed by atoms with Gasteiger partial charge in [0.25, 0.3) is 5.91 Å². The summed E-state index contributed by atoms with van der Waals surface area (Å²) in [6.45, 7) is 4.58. The zero-order valence-electron chi connectivity index (χ0n) is 16.4. The highest BCUT2D eigenvalue weighted by molar-refractivity contribution is 7.80. The second-order valence-corrected chi connectivity index (χ2v) is 7.74. The number of nitrogens with zero attached hydrogens (tertiary/aromatic N) is 3. The van der Waals surface area contributed by atoms with E-state index in [2.05, 4.69) is 15.2 Å². The zero-order chi connectivity index (χ0) is 20.4. The predicted octanol–water partition coefficient (Wildman–Crippen LogP) is 1.26. The molecule has 0 aliphatic carbocycles. The number of carbonyl (C=O) groups excluding carboxylic acids is 2. The number of aromatic nitrogens is 1. The van der Waals surface area contributed by atoms with Crippen LogP contribution in [0.1, 0.15) is 6.42 Å². The maximum atomic E-state index is 12.7. The summed E-state index contributed by atoms with van der Waals surface area (Å²) in [5.41, 5.74) is 1.65. The molecule has 8 nitrogen and oxygen atoms in total. The Labute approximate surface area is 174 Å². The van der Waals surface area contributed by atoms with Crippen molar-refractivity contribution in [3.05, 3.63) is 30.5 Å². The predicted molar refractivity (Wildman–Crippen MR) is 115 cm³/mol. The van der Waals surface area contributed by atoms with Crippen LogP contribution in [0.15, 0.2) is 30.5 Å². The third kappa shape index (κ3) is 4.26. The first-order valence-electron chi connectivity index (χ1n) is 9.78. The van der Waals surface area contributed by atoms with Gasteiger partial charge in [0.05, 0.1) is 19.6 Å². The van der Waals surface area contributed by atoms with Gasteiger partial charge in [-0.05, 0) is 35.8 Å². The number of carbonyl (C=O) groups is 2. The van der Waals surface area contributed by atoms with Gasteiger partial charge in [-0.2, -0.15) is 0 Å². The number of likely N-dealkylation sites (N-methyl/N-ethyl adjacent to an activating group) is 1. The number of aromatic amines is 1. The molecule has 3 heterocycles. The molecule has 2 aliphatic rings. The van der Waals surface area contributed by atoms with E-state index in [0.717, 1.165) is 43.8 Å². The van der Waals surface area contributed by atoms with Crippen LogP contribution >= 0.6 is 12.2 Å². The summed E-state index contributed by atoms with van der Waals surface area (Å²) in [6, 6.07) is 7.09. The highest BCUT2D eigenvalue weighted by Gasteiger charge is 2.41. The summed E-state index contributed by atoms with van der Waals surface area (Å²) in [7, 11) is 1.67. The Morgan fingerprint density at radius 3 is 2.86 bits per heavy atom. The number of hydrogen-bond acceptors (Lipinski definition) is 5. The van der Waals surface area contributed by atoms with Gasteiger partial charge >= 0.3 is 0 Å². The largest absolute Gasteiger partial charge is 0.379 e. The molecule has 2 amide bonds. The third-order valence-corrected chi connectivity index (χ3v) is 6.01. The van der Waals surface area contributed by atoms with E-state index in [0.29, 0.717) is 17.3 Å². The van der Waals surface area contributed by atoms with E-state index in [9.17, 15) is 9.59 Å². The SMILES string of the molecule is CN1C(=O)C(CC(=O)Nc2ccc3cc[nH]c3c2)N(CCN2CCOCC2)C1=S. The minimum atomic E-state index is -0.567. The fourth-order valence-corrected chi connectivity index (χ4v) is 4.12. The molecule has 2 saturated heterocycles. The van der Waals surface area contributed by atoms with Crippen molar-refractivity contribution in [2.45, 2.75) is 12.5 Å². The highest BCUT2D eigenvalue weighted by atomic mass is 32.1. The van der Waals surface area contributed by atoms with Gasteiger partial charge in [0.1, 0.15) is 6.04 Å². The average molecular weight is 416 g/mol. The molecule has 1 aromatic carbocycles. The van der Waals surface area contributed by atoms with Crippen LogP contribution in [0.3, 0.4) is 0 Å². The lowest BCUT2D eigenvalue weighted by atomic mass is 10.1. The third-order valence-electron chi connectivity index (χ3n) is 5.50. The molecule has 1 aromatic heterocycles. The van der Waals surface area contributed by atoms with Crippen molar-refractivity contribution in [3.8, 4) is 0 Å². The molecule has 0 saturated carbocycles. The van der Waals surface area contributed by atoms with Crippen LogP contribution < -0.4 is 5.32 Å². The van der Waals surface area contributed by atoms with Gasteiger partial charge in [0.2, 0.25) is 5.91 Å². The molecule has 2 aliphatic heterocycles. The Balaban J connectivity index is 1.40. The van der Waals surface area contributed by atoms with E-state index >= 15 is 0 Å². The molecule has 2 fully saturated rings. The van der Waals surface area contributed by atoms with Crippen LogP contribution in [0.5, 0.6) is 0 Å². The van der Waals surface area contributed by atoms with Gasteiger partial charge in [-0.3, -0.25) is 19.4 Å². The average Bonchev–Trinajstić information content (AvgIpc) is 3.26. The Morgan fingerprint density at radius 2 is 2.07 bits per heavy atom. The fourth-order valence-electron chi connectivity index (χ4n) is 3.81. The molecule has 154 valence electrons. The molecular weight excluding hydrogens is 390 g/mol. The number of ether oxygens (including phenoxy) is 1. The molecule has 0 radical (unpaired) electrons. The van der Waals surface area contributed by atoms with Crippen LogP contribution in [-0.4, -0.2) is 89.1 Å². The first-order valence-corrected chi connectivity index (χ1v) is 10.2. The topological polar surface area (TPSA) is 80.9 Å². The van der Waals surface area contributed by atoms with Gasteiger partial charge in [0, 0.05) is 50.6 Å². The second-order valence-electron chi connectivity index (χ2n) is 7.38. The van der Waals surface area contributed by atoms with E-state index in [4.69, 9.17) is 17.0 Å². The summed E-state index contributed by atoms with van der Waals surface area (Å²) >= 11 is 5.46. The summed E-state index contributed by atoms with van der Waals surface area (Å²) in [5.74, 6) is -0.337. The van der Waals surface area contributed by atoms with Crippen LogP contribution in [0.25, 0.3) is 10.9 Å². The normalized spacial score (nSPS) is 20.7. The Hall–Kier alpha value is -2.49. The number of hydrogen-bond donors (Lipinski definition) is 2. The minimum absolute atomic E-state index is 0.0647. The van der Waals surface area contributed by atoms with Gasteiger partial charge in [-0.1, -0.05) is 6.07 Å². The quantitative estimate of drug-likeness (QED) is 0.692. The maximum Gasteiger partial charge on any atom is 0.251 e. The van der Waals surface area contributed by atoms with Crippen LogP contribution in [0, 0.1) is 0 Å². The summed E-state index contributed by atoms with van der Waals surface area (Å²) in [5, 5.41) is 4.46. The molecule has 9 heteroatoms. The van der Waals surface area contributed by atoms with E-state index < -0.39 is 6.04 Å². The number of amides is 2. The number of fused-ring (bicyclic) bond motifs is 1. The number of rotatable bonds is 6. The lowest BCUT2D eigenvalue weighted by Crippen LogP contribution is -2.45. The fraction of sp³-hybridized carbons (Fsp3) is 0.450. The standard InChI is InChI=1S/C20H25N5O3S/c1-23-19(27)17(25(20(23)29)7-6-24-8-10-28-11-9-24)13-18(26)22-15-3-2-14-4-5-21-16(14)12-15/h2-5,12,17,21H,6-11,13H2,1H3,(H,22,26). The number of benzene rings is 1. The molecule has 4 rings (SSSR count). The van der Waals surface area contributed by atoms with Crippen molar-refractivity contribution in [1.82, 2.24) is 19.7 Å². The van der Waals surface area contributed by atoms with Crippen LogP contribution in [0.4, 0.5) is 5.69 Å². The lowest BCUT2D eigenvalue weighted by Gasteiger charge is -2.30. The van der Waals surface area contributed by atoms with Crippen molar-refractivity contribution in [3.63, 3.8) is 0 Å². The van der Waals surface area contributed by atoms with E-state index in [-0.39, 0.29) is 18.2 Å². The van der Waals surface area contributed by atoms with E-state index in [1.807, 2.05) is 35.4 Å². The Kier molecular flexibility index (Phi) is 5.79. The van der Waals surface area contributed by atoms with E-state index in [1.54, 1.807) is 7.05 Å². The highest BCUT2D eigenvalue weighted by Crippen LogP contribution is 2.21. The number of thiocarbonyl (C=S) groups is 1. The monoisotopic (exact) mass is 415 g/mol. The smallest absolute Gasteiger partial charge is 0.251 e. The molecule has 1 unspecified atom stereocenters. The van der Waals surface area contributed by atoms with Crippen LogP contribution in [-0.2, 0) is 14.3 Å². The van der Waals surface area contributed by atoms with Crippen molar-refractivity contribution >= 4 is 45.7 Å². The van der Waals surface area contributed by atoms with Crippen molar-refractivity contribution < 1.29 is 14.3 Å². The molecule has 2 aromatic rings. The Bertz CT molecular complexity index is 924. The lowest BCUT2D eigenvalue weighted by molar-refractivity contribution is -0.130. The summed E-state index contributed by atoms with van der Waals surface area (Å²) < 4.78 is 5.38. The van der Waals surface area contributed by atoms with Crippen molar-refractivity contribution in [1.29, 1.82) is 0 Å². The molecule has 1 atom stereocenters. The van der Waals surface area contributed by atoms with Crippen molar-refractivity contribution in [2.24, 2.45) is 0 Å². The summed E-state index contributed by atoms with van der Waals surface area (Å²) in [6.07, 6.45) is 1.92. The Morgan fingerprint density at radius 1 is 1.28 bits per heavy atom. The number of nitrogens with one attached hydrogen (secondary N) is 2. The molecule has 0 bridgehead atoms. The summed E-state index contributed by atoms with van der Waals surface area (Å²) in [4.78, 5) is 34.1. The zero-order valence-corrected chi connectivity index (χ0v) is 17.2. The first-order chi connectivity index (χ1) is 14.0. The number of anilines is 1.